The summed E-state index contributed by atoms with van der Waals surface area (Å²) in [6, 6.07) is 11.5. The number of carboxylic acids is 2. The number of hydrogen-bond acceptors (Lipinski definition) is 5. The molecular formula is C26H31N3O5. The van der Waals surface area contributed by atoms with Gasteiger partial charge in [-0.15, -0.1) is 0 Å². The van der Waals surface area contributed by atoms with E-state index in [9.17, 15) is 14.4 Å². The highest BCUT2D eigenvalue weighted by Crippen LogP contribution is 2.29. The number of carbonyl (C=O) groups excluding carboxylic acids is 1. The van der Waals surface area contributed by atoms with Crippen molar-refractivity contribution in [3.63, 3.8) is 0 Å². The average molecular weight is 466 g/mol. The van der Waals surface area contributed by atoms with Crippen LogP contribution in [-0.2, 0) is 17.6 Å². The highest BCUT2D eigenvalue weighted by molar-refractivity contribution is 5.95. The molecule has 1 heterocycles. The molecule has 0 bridgehead atoms. The van der Waals surface area contributed by atoms with Crippen molar-refractivity contribution in [2.45, 2.75) is 57.8 Å². The maximum absolute atomic E-state index is 10.9. The second-order valence-corrected chi connectivity index (χ2v) is 8.48. The van der Waals surface area contributed by atoms with E-state index in [2.05, 4.69) is 10.4 Å². The molecule has 0 unspecified atom stereocenters. The number of carbonyl (C=O) groups is 3. The number of ketones is 1. The fraction of sp³-hybridized carbons (Fsp3) is 0.346. The monoisotopic (exact) mass is 465 g/mol. The zero-order chi connectivity index (χ0) is 24.5. The van der Waals surface area contributed by atoms with Gasteiger partial charge in [-0.3, -0.25) is 10.6 Å². The number of nitrogen functional groups attached to an aromatic ring is 1. The molecule has 0 spiro atoms. The van der Waals surface area contributed by atoms with Gasteiger partial charge in [0, 0.05) is 35.1 Å². The third kappa shape index (κ3) is 6.68. The number of aryl methyl sites for hydroxylation is 2. The lowest BCUT2D eigenvalue weighted by Crippen LogP contribution is -2.06. The standard InChI is InChI=1S/C13H13NO2.C7H8N2O2.C6H10O/c15-13(16)8-5-6-12-10(7-8)9-3-1-2-4-11(9)14-12;8-9-6-3-1-5(2-4-6)7(10)11;7-6-4-2-1-3-5-6/h5-7,14H,1-4H2,(H,15,16);1-4,9H,8H2,(H,10,11);1-5H2. The van der Waals surface area contributed by atoms with E-state index >= 15 is 0 Å². The molecule has 1 saturated carbocycles. The maximum Gasteiger partial charge on any atom is 0.335 e. The normalized spacial score (nSPS) is 14.7. The number of fused-ring (bicyclic) bond motifs is 3. The van der Waals surface area contributed by atoms with Crippen molar-refractivity contribution >= 4 is 34.3 Å². The van der Waals surface area contributed by atoms with Gasteiger partial charge in [-0.2, -0.15) is 0 Å². The predicted molar refractivity (Wildman–Crippen MR) is 131 cm³/mol. The fourth-order valence-corrected chi connectivity index (χ4v) is 4.19. The molecule has 180 valence electrons. The molecule has 0 aliphatic heterocycles. The first-order chi connectivity index (χ1) is 16.4. The van der Waals surface area contributed by atoms with Gasteiger partial charge < -0.3 is 20.6 Å². The summed E-state index contributed by atoms with van der Waals surface area (Å²) < 4.78 is 0. The second kappa shape index (κ2) is 12.0. The summed E-state index contributed by atoms with van der Waals surface area (Å²) in [6.07, 6.45) is 9.83. The third-order valence-electron chi connectivity index (χ3n) is 6.05. The Balaban J connectivity index is 0.000000156. The summed E-state index contributed by atoms with van der Waals surface area (Å²) >= 11 is 0. The first-order valence-corrected chi connectivity index (χ1v) is 11.6. The molecule has 8 heteroatoms. The van der Waals surface area contributed by atoms with Crippen LogP contribution in [0.4, 0.5) is 5.69 Å². The highest BCUT2D eigenvalue weighted by Gasteiger charge is 2.16. The van der Waals surface area contributed by atoms with E-state index in [1.54, 1.807) is 24.3 Å². The molecule has 1 fully saturated rings. The van der Waals surface area contributed by atoms with Crippen molar-refractivity contribution in [3.8, 4) is 0 Å². The largest absolute Gasteiger partial charge is 0.478 e. The number of benzene rings is 2. The molecule has 0 radical (unpaired) electrons. The number of nitrogens with one attached hydrogen (secondary N) is 2. The second-order valence-electron chi connectivity index (χ2n) is 8.48. The van der Waals surface area contributed by atoms with E-state index in [1.807, 2.05) is 6.07 Å². The lowest BCUT2D eigenvalue weighted by molar-refractivity contribution is -0.120. The molecule has 2 aliphatic carbocycles. The molecule has 8 nitrogen and oxygen atoms in total. The third-order valence-corrected chi connectivity index (χ3v) is 6.05. The summed E-state index contributed by atoms with van der Waals surface area (Å²) in [5, 5.41) is 18.6. The SMILES string of the molecule is NNc1ccc(C(=O)O)cc1.O=C(O)c1ccc2[nH]c3c(c2c1)CCCC3.O=C1CCCCC1. The van der Waals surface area contributed by atoms with Crippen molar-refractivity contribution in [2.24, 2.45) is 5.84 Å². The van der Waals surface area contributed by atoms with Gasteiger partial charge in [0.15, 0.2) is 0 Å². The minimum absolute atomic E-state index is 0.254. The van der Waals surface area contributed by atoms with Crippen molar-refractivity contribution in [1.82, 2.24) is 4.98 Å². The maximum atomic E-state index is 10.9. The Morgan fingerprint density at radius 2 is 1.38 bits per heavy atom. The van der Waals surface area contributed by atoms with E-state index in [4.69, 9.17) is 16.1 Å². The van der Waals surface area contributed by atoms with Crippen LogP contribution in [0.1, 0.15) is 76.9 Å². The molecule has 5 rings (SSSR count). The van der Waals surface area contributed by atoms with Crippen molar-refractivity contribution < 1.29 is 24.6 Å². The number of carboxylic acid groups (broad SMARTS) is 2. The number of nitrogens with two attached hydrogens (primary N) is 1. The van der Waals surface area contributed by atoms with E-state index in [1.165, 1.54) is 42.7 Å². The zero-order valence-corrected chi connectivity index (χ0v) is 19.1. The van der Waals surface area contributed by atoms with E-state index in [0.29, 0.717) is 17.0 Å². The number of hydrazine groups is 1. The van der Waals surface area contributed by atoms with Gasteiger partial charge in [0.25, 0.3) is 0 Å². The summed E-state index contributed by atoms with van der Waals surface area (Å²) in [5.74, 6) is 3.75. The predicted octanol–water partition coefficient (Wildman–Crippen LogP) is 4.93. The molecule has 0 atom stereocenters. The lowest BCUT2D eigenvalue weighted by atomic mass is 9.95. The first-order valence-electron chi connectivity index (χ1n) is 11.6. The summed E-state index contributed by atoms with van der Waals surface area (Å²) in [6.45, 7) is 0. The fourth-order valence-electron chi connectivity index (χ4n) is 4.19. The van der Waals surface area contributed by atoms with Gasteiger partial charge in [0.1, 0.15) is 5.78 Å². The van der Waals surface area contributed by atoms with E-state index in [-0.39, 0.29) is 5.56 Å². The smallest absolute Gasteiger partial charge is 0.335 e. The van der Waals surface area contributed by atoms with Crippen molar-refractivity contribution in [1.29, 1.82) is 0 Å². The van der Waals surface area contributed by atoms with Crippen LogP contribution < -0.4 is 11.3 Å². The van der Waals surface area contributed by atoms with Crippen molar-refractivity contribution in [3.05, 3.63) is 64.8 Å². The van der Waals surface area contributed by atoms with Gasteiger partial charge in [0.05, 0.1) is 11.1 Å². The summed E-state index contributed by atoms with van der Waals surface area (Å²) in [5.41, 5.74) is 7.40. The molecule has 0 saturated heterocycles. The minimum Gasteiger partial charge on any atom is -0.478 e. The van der Waals surface area contributed by atoms with E-state index < -0.39 is 11.9 Å². The molecule has 34 heavy (non-hydrogen) atoms. The Kier molecular flexibility index (Phi) is 8.81. The number of rotatable bonds is 3. The van der Waals surface area contributed by atoms with Crippen LogP contribution in [0.3, 0.4) is 0 Å². The summed E-state index contributed by atoms with van der Waals surface area (Å²) in [4.78, 5) is 35.1. The van der Waals surface area contributed by atoms with Crippen LogP contribution in [0, 0.1) is 0 Å². The van der Waals surface area contributed by atoms with Gasteiger partial charge in [-0.1, -0.05) is 6.42 Å². The molecule has 3 aromatic rings. The van der Waals surface area contributed by atoms with Crippen molar-refractivity contribution in [2.75, 3.05) is 5.43 Å². The Labute approximate surface area is 198 Å². The van der Waals surface area contributed by atoms with Crippen LogP contribution in [0.15, 0.2) is 42.5 Å². The molecule has 1 aromatic heterocycles. The number of hydrogen-bond donors (Lipinski definition) is 5. The van der Waals surface area contributed by atoms with Crippen LogP contribution in [-0.4, -0.2) is 32.9 Å². The Hall–Kier alpha value is -3.65. The summed E-state index contributed by atoms with van der Waals surface area (Å²) in [7, 11) is 0. The Morgan fingerprint density at radius 3 is 1.94 bits per heavy atom. The topological polar surface area (TPSA) is 146 Å². The first kappa shape index (κ1) is 25.0. The number of H-pyrrole nitrogens is 1. The number of aromatic amines is 1. The molecule has 6 N–H and O–H groups in total. The number of aromatic nitrogens is 1. The Bertz CT molecular complexity index is 1140. The van der Waals surface area contributed by atoms with Crippen LogP contribution in [0.25, 0.3) is 10.9 Å². The molecular weight excluding hydrogens is 434 g/mol. The van der Waals surface area contributed by atoms with Crippen LogP contribution >= 0.6 is 0 Å². The number of anilines is 1. The van der Waals surface area contributed by atoms with Gasteiger partial charge in [0.2, 0.25) is 0 Å². The average Bonchev–Trinajstić information content (AvgIpc) is 3.23. The number of aromatic carboxylic acids is 2. The quantitative estimate of drug-likeness (QED) is 0.272. The molecule has 2 aliphatic rings. The highest BCUT2D eigenvalue weighted by atomic mass is 16.4. The van der Waals surface area contributed by atoms with Crippen LogP contribution in [0.2, 0.25) is 0 Å². The zero-order valence-electron chi connectivity index (χ0n) is 19.1. The molecule has 0 amide bonds. The van der Waals surface area contributed by atoms with Gasteiger partial charge >= 0.3 is 11.9 Å². The Morgan fingerprint density at radius 1 is 0.794 bits per heavy atom. The lowest BCUT2D eigenvalue weighted by Gasteiger charge is -2.10. The van der Waals surface area contributed by atoms with E-state index in [0.717, 1.165) is 49.4 Å². The number of Topliss-reactive ketones (excluding diaryl/α,β-unsaturated/α-hetero) is 1. The minimum atomic E-state index is -0.937. The van der Waals surface area contributed by atoms with Gasteiger partial charge in [-0.05, 0) is 86.6 Å². The van der Waals surface area contributed by atoms with Gasteiger partial charge in [-0.25, -0.2) is 9.59 Å². The molecule has 2 aromatic carbocycles. The van der Waals surface area contributed by atoms with Crippen LogP contribution in [0.5, 0.6) is 0 Å².